The normalized spacial score (nSPS) is 14.0. The van der Waals surface area contributed by atoms with E-state index in [1.54, 1.807) is 53.2 Å². The van der Waals surface area contributed by atoms with Gasteiger partial charge in [-0.1, -0.05) is 44.5 Å². The van der Waals surface area contributed by atoms with Gasteiger partial charge in [-0.2, -0.15) is 5.10 Å². The number of likely N-dealkylation sites (N-methyl/N-ethyl adjacent to an activating group) is 1. The zero-order chi connectivity index (χ0) is 26.2. The highest BCUT2D eigenvalue weighted by Gasteiger charge is 2.42. The number of nitrogens with one attached hydrogen (secondary N) is 2. The van der Waals surface area contributed by atoms with Crippen molar-refractivity contribution >= 4 is 46.7 Å². The highest BCUT2D eigenvalue weighted by Crippen LogP contribution is 2.27. The number of urea groups is 1. The highest BCUT2D eigenvalue weighted by atomic mass is 35.5. The smallest absolute Gasteiger partial charge is 0.308 e. The fraction of sp³-hybridized carbons (Fsp3) is 0.240. The lowest BCUT2D eigenvalue weighted by molar-refractivity contribution is -0.145. The van der Waals surface area contributed by atoms with Crippen LogP contribution in [0.5, 0.6) is 0 Å². The van der Waals surface area contributed by atoms with Crippen molar-refractivity contribution in [1.29, 1.82) is 0 Å². The first-order valence-electron chi connectivity index (χ1n) is 11.1. The van der Waals surface area contributed by atoms with Gasteiger partial charge in [-0.3, -0.25) is 19.7 Å². The molecule has 0 atom stereocenters. The van der Waals surface area contributed by atoms with E-state index in [1.165, 1.54) is 7.05 Å². The molecule has 4 rings (SSSR count). The Labute approximate surface area is 212 Å². The lowest BCUT2D eigenvalue weighted by Crippen LogP contribution is -2.37. The van der Waals surface area contributed by atoms with Gasteiger partial charge >= 0.3 is 23.6 Å². The van der Waals surface area contributed by atoms with Gasteiger partial charge in [0.05, 0.1) is 17.9 Å². The molecule has 11 heteroatoms. The minimum Gasteiger partial charge on any atom is -0.308 e. The van der Waals surface area contributed by atoms with Crippen LogP contribution in [0.1, 0.15) is 32.0 Å². The molecule has 1 aromatic heterocycles. The first kappa shape index (κ1) is 24.9. The van der Waals surface area contributed by atoms with Gasteiger partial charge in [0.1, 0.15) is 5.82 Å². The molecule has 3 aromatic rings. The van der Waals surface area contributed by atoms with Crippen LogP contribution in [0.3, 0.4) is 0 Å². The molecule has 0 aliphatic carbocycles. The van der Waals surface area contributed by atoms with Crippen LogP contribution in [0.4, 0.5) is 16.3 Å². The number of nitrogens with zero attached hydrogens (tertiary/aromatic N) is 4. The van der Waals surface area contributed by atoms with Gasteiger partial charge in [-0.25, -0.2) is 19.5 Å². The number of ketones is 1. The zero-order valence-electron chi connectivity index (χ0n) is 20.2. The average Bonchev–Trinajstić information content (AvgIpc) is 3.33. The van der Waals surface area contributed by atoms with Crippen molar-refractivity contribution in [3.05, 3.63) is 70.9 Å². The Morgan fingerprint density at radius 2 is 1.58 bits per heavy atom. The Morgan fingerprint density at radius 1 is 0.944 bits per heavy atom. The molecule has 36 heavy (non-hydrogen) atoms. The minimum absolute atomic E-state index is 0.0635. The van der Waals surface area contributed by atoms with E-state index < -0.39 is 23.6 Å². The first-order chi connectivity index (χ1) is 16.9. The molecule has 2 N–H and O–H groups in total. The first-order valence-corrected chi connectivity index (χ1v) is 11.5. The van der Waals surface area contributed by atoms with Crippen LogP contribution in [0.15, 0.2) is 54.6 Å². The van der Waals surface area contributed by atoms with Crippen LogP contribution in [0.2, 0.25) is 5.02 Å². The van der Waals surface area contributed by atoms with E-state index in [1.807, 2.05) is 26.8 Å². The van der Waals surface area contributed by atoms with Gasteiger partial charge < -0.3 is 5.32 Å². The Balaban J connectivity index is 1.56. The van der Waals surface area contributed by atoms with E-state index in [9.17, 15) is 19.2 Å². The number of hydrogen-bond acceptors (Lipinski definition) is 5. The second-order valence-corrected chi connectivity index (χ2v) is 9.79. The van der Waals surface area contributed by atoms with Gasteiger partial charge in [0.2, 0.25) is 0 Å². The van der Waals surface area contributed by atoms with Crippen molar-refractivity contribution in [2.75, 3.05) is 17.7 Å². The number of Topliss-reactive ketones (excluding diaryl/α,β-unsaturated/α-hetero) is 1. The summed E-state index contributed by atoms with van der Waals surface area (Å²) in [6.07, 6.45) is 0. The van der Waals surface area contributed by atoms with E-state index in [0.717, 1.165) is 15.7 Å². The molecule has 2 heterocycles. The maximum Gasteiger partial charge on any atom is 0.324 e. The van der Waals surface area contributed by atoms with E-state index >= 15 is 0 Å². The second-order valence-electron chi connectivity index (χ2n) is 9.35. The third kappa shape index (κ3) is 5.08. The van der Waals surface area contributed by atoms with Gasteiger partial charge in [-0.15, -0.1) is 0 Å². The number of rotatable bonds is 5. The summed E-state index contributed by atoms with van der Waals surface area (Å²) in [5, 5.41) is 13.0. The van der Waals surface area contributed by atoms with Gasteiger partial charge in [0, 0.05) is 29.2 Å². The van der Waals surface area contributed by atoms with Crippen LogP contribution >= 0.6 is 11.6 Å². The molecule has 2 aromatic carbocycles. The van der Waals surface area contributed by atoms with Crippen LogP contribution in [0.25, 0.3) is 5.69 Å². The molecule has 1 aliphatic rings. The molecule has 10 nitrogen and oxygen atoms in total. The highest BCUT2D eigenvalue weighted by molar-refractivity contribution is 6.65. The number of carbonyl (C=O) groups is 4. The summed E-state index contributed by atoms with van der Waals surface area (Å²) in [7, 11) is 1.38. The molecule has 0 unspecified atom stereocenters. The third-order valence-electron chi connectivity index (χ3n) is 5.61. The van der Waals surface area contributed by atoms with E-state index in [2.05, 4.69) is 10.6 Å². The Hall–Kier alpha value is -4.18. The number of hydrazine groups is 1. The Morgan fingerprint density at radius 3 is 2.14 bits per heavy atom. The molecule has 186 valence electrons. The number of benzene rings is 2. The largest absolute Gasteiger partial charge is 0.324 e. The van der Waals surface area contributed by atoms with E-state index in [0.29, 0.717) is 27.8 Å². The van der Waals surface area contributed by atoms with Crippen molar-refractivity contribution in [3.8, 4) is 5.69 Å². The number of aromatic nitrogens is 2. The van der Waals surface area contributed by atoms with E-state index in [4.69, 9.17) is 16.7 Å². The molecule has 0 saturated carbocycles. The number of carbonyl (C=O) groups excluding carboxylic acids is 4. The van der Waals surface area contributed by atoms with Crippen molar-refractivity contribution in [3.63, 3.8) is 0 Å². The lowest BCUT2D eigenvalue weighted by atomic mass is 9.92. The maximum atomic E-state index is 12.7. The Kier molecular flexibility index (Phi) is 6.55. The maximum absolute atomic E-state index is 12.7. The summed E-state index contributed by atoms with van der Waals surface area (Å²) in [6.45, 7) is 6.12. The van der Waals surface area contributed by atoms with Crippen molar-refractivity contribution in [2.24, 2.45) is 0 Å². The molecule has 1 aliphatic heterocycles. The molecule has 0 spiro atoms. The summed E-state index contributed by atoms with van der Waals surface area (Å²) >= 11 is 5.91. The topological polar surface area (TPSA) is 117 Å². The van der Waals surface area contributed by atoms with Crippen molar-refractivity contribution in [1.82, 2.24) is 19.8 Å². The lowest BCUT2D eigenvalue weighted by Gasteiger charge is -2.22. The van der Waals surface area contributed by atoms with Crippen molar-refractivity contribution < 1.29 is 19.2 Å². The third-order valence-corrected chi connectivity index (χ3v) is 5.87. The fourth-order valence-electron chi connectivity index (χ4n) is 3.54. The molecular formula is C25H25ClN6O4. The molecule has 4 amide bonds. The predicted octanol–water partition coefficient (Wildman–Crippen LogP) is 3.75. The summed E-state index contributed by atoms with van der Waals surface area (Å²) in [6, 6.07) is 15.2. The van der Waals surface area contributed by atoms with Gasteiger partial charge in [-0.05, 0) is 42.0 Å². The summed E-state index contributed by atoms with van der Waals surface area (Å²) < 4.78 is 1.62. The van der Waals surface area contributed by atoms with Crippen LogP contribution in [-0.4, -0.2) is 50.5 Å². The zero-order valence-corrected chi connectivity index (χ0v) is 21.0. The average molecular weight is 509 g/mol. The molecule has 1 saturated heterocycles. The number of hydrogen-bond donors (Lipinski definition) is 2. The monoisotopic (exact) mass is 508 g/mol. The summed E-state index contributed by atoms with van der Waals surface area (Å²) in [5.41, 5.74) is 2.47. The van der Waals surface area contributed by atoms with E-state index in [-0.39, 0.29) is 12.0 Å². The van der Waals surface area contributed by atoms with Gasteiger partial charge in [0.25, 0.3) is 0 Å². The van der Waals surface area contributed by atoms with Crippen molar-refractivity contribution in [2.45, 2.75) is 32.7 Å². The molecule has 0 radical (unpaired) electrons. The Bertz CT molecular complexity index is 1340. The van der Waals surface area contributed by atoms with Gasteiger partial charge in [0.15, 0.2) is 0 Å². The fourth-order valence-corrected chi connectivity index (χ4v) is 3.67. The van der Waals surface area contributed by atoms with Crippen LogP contribution in [0, 0.1) is 0 Å². The molecule has 1 fully saturated rings. The van der Waals surface area contributed by atoms with Crippen LogP contribution in [-0.2, 0) is 26.3 Å². The standard InChI is InChI=1S/C25H25ClN6O4/c1-25(2,3)19-13-20(28-24(36)27-17-9-7-16(26)8-10-17)32(29-19)18-11-5-15(6-12-18)14-31-23(35)21(33)22(34)30(31)4/h5-13H,14H2,1-4H3,(H2,27,28,36). The second kappa shape index (κ2) is 9.46. The SMILES string of the molecule is CN1C(=O)C(=O)C(=O)N1Cc1ccc(-n2nc(C(C)(C)C)cc2NC(=O)Nc2ccc(Cl)cc2)cc1. The molecule has 0 bridgehead atoms. The molecular weight excluding hydrogens is 484 g/mol. The number of anilines is 2. The summed E-state index contributed by atoms with van der Waals surface area (Å²) in [4.78, 5) is 48.1. The summed E-state index contributed by atoms with van der Waals surface area (Å²) in [5.74, 6) is -2.29. The number of halogens is 1. The number of amides is 4. The minimum atomic E-state index is -1.05. The quantitative estimate of drug-likeness (QED) is 0.509. The predicted molar refractivity (Wildman–Crippen MR) is 135 cm³/mol. The van der Waals surface area contributed by atoms with Crippen LogP contribution < -0.4 is 10.6 Å².